The molecule has 0 fully saturated rings. The van der Waals surface area contributed by atoms with Gasteiger partial charge in [0, 0.05) is 5.56 Å². The van der Waals surface area contributed by atoms with Gasteiger partial charge in [-0.25, -0.2) is 4.79 Å². The van der Waals surface area contributed by atoms with E-state index >= 15 is 0 Å². The molecule has 1 aromatic heterocycles. The van der Waals surface area contributed by atoms with Crippen LogP contribution in [0.2, 0.25) is 0 Å². The van der Waals surface area contributed by atoms with Crippen LogP contribution in [0.15, 0.2) is 24.3 Å². The smallest absolute Gasteiger partial charge is 0.338 e. The number of carbonyl (C=O) groups is 1. The molecule has 0 atom stereocenters. The molecule has 1 aromatic carbocycles. The minimum atomic E-state index is -0.440. The zero-order valence-electron chi connectivity index (χ0n) is 9.41. The minimum absolute atomic E-state index is 0.302. The molecule has 0 N–H and O–H groups in total. The van der Waals surface area contributed by atoms with Gasteiger partial charge >= 0.3 is 5.97 Å². The van der Waals surface area contributed by atoms with Crippen LogP contribution < -0.4 is 0 Å². The molecule has 0 aliphatic heterocycles. The molecule has 0 amide bonds. The number of hydrogen-bond acceptors (Lipinski definition) is 6. The lowest BCUT2D eigenvalue weighted by Gasteiger charge is -2.04. The maximum absolute atomic E-state index is 11.6. The van der Waals surface area contributed by atoms with Crippen LogP contribution in [0.5, 0.6) is 0 Å². The lowest BCUT2D eigenvalue weighted by molar-refractivity contribution is 0.0601. The highest BCUT2D eigenvalue weighted by molar-refractivity contribution is 5.96. The highest BCUT2D eigenvalue weighted by atomic mass is 16.5. The molecule has 86 valence electrons. The van der Waals surface area contributed by atoms with Crippen molar-refractivity contribution in [3.05, 3.63) is 35.7 Å². The lowest BCUT2D eigenvalue weighted by Crippen LogP contribution is -2.06. The second-order valence-corrected chi connectivity index (χ2v) is 3.31. The number of nitrogens with zero attached hydrogens (tertiary/aromatic N) is 4. The van der Waals surface area contributed by atoms with E-state index in [-0.39, 0.29) is 0 Å². The molecule has 0 saturated heterocycles. The summed E-state index contributed by atoms with van der Waals surface area (Å²) in [6.07, 6.45) is 0. The molecule has 0 spiro atoms. The Morgan fingerprint density at radius 3 is 2.41 bits per heavy atom. The van der Waals surface area contributed by atoms with Crippen molar-refractivity contribution in [3.63, 3.8) is 0 Å². The molecule has 0 bridgehead atoms. The molecule has 6 heteroatoms. The Morgan fingerprint density at radius 2 is 1.76 bits per heavy atom. The quantitative estimate of drug-likeness (QED) is 0.717. The van der Waals surface area contributed by atoms with Gasteiger partial charge in [-0.1, -0.05) is 18.2 Å². The first-order chi connectivity index (χ1) is 8.22. The number of benzene rings is 1. The summed E-state index contributed by atoms with van der Waals surface area (Å²) < 4.78 is 4.69. The summed E-state index contributed by atoms with van der Waals surface area (Å²) in [4.78, 5) is 11.6. The van der Waals surface area contributed by atoms with Gasteiger partial charge in [0.25, 0.3) is 0 Å². The fourth-order valence-corrected chi connectivity index (χ4v) is 1.35. The third-order valence-electron chi connectivity index (χ3n) is 2.15. The maximum Gasteiger partial charge on any atom is 0.338 e. The van der Waals surface area contributed by atoms with Gasteiger partial charge in [0.1, 0.15) is 0 Å². The van der Waals surface area contributed by atoms with Gasteiger partial charge in [-0.2, -0.15) is 0 Å². The van der Waals surface area contributed by atoms with Crippen LogP contribution in [-0.4, -0.2) is 33.5 Å². The van der Waals surface area contributed by atoms with Crippen molar-refractivity contribution in [3.8, 4) is 11.4 Å². The summed E-state index contributed by atoms with van der Waals surface area (Å²) >= 11 is 0. The molecule has 0 aliphatic carbocycles. The highest BCUT2D eigenvalue weighted by Crippen LogP contribution is 2.19. The average Bonchev–Trinajstić information content (AvgIpc) is 2.39. The van der Waals surface area contributed by atoms with E-state index in [0.29, 0.717) is 22.8 Å². The molecular weight excluding hydrogens is 220 g/mol. The van der Waals surface area contributed by atoms with Gasteiger partial charge in [-0.05, 0) is 13.0 Å². The van der Waals surface area contributed by atoms with Crippen LogP contribution in [-0.2, 0) is 4.74 Å². The fraction of sp³-hybridized carbons (Fsp3) is 0.182. The van der Waals surface area contributed by atoms with Crippen LogP contribution in [0.4, 0.5) is 0 Å². The summed E-state index contributed by atoms with van der Waals surface area (Å²) in [6, 6.07) is 6.89. The number of ether oxygens (including phenoxy) is 1. The summed E-state index contributed by atoms with van der Waals surface area (Å²) in [7, 11) is 1.33. The number of aromatic nitrogens is 4. The number of carbonyl (C=O) groups excluding carboxylic acids is 1. The normalized spacial score (nSPS) is 10.0. The predicted molar refractivity (Wildman–Crippen MR) is 59.1 cm³/mol. The van der Waals surface area contributed by atoms with Crippen LogP contribution in [0, 0.1) is 6.92 Å². The number of esters is 1. The summed E-state index contributed by atoms with van der Waals surface area (Å²) in [5.74, 6) is 0.339. The molecule has 1 heterocycles. The molecule has 0 saturated carbocycles. The fourth-order valence-electron chi connectivity index (χ4n) is 1.35. The van der Waals surface area contributed by atoms with Gasteiger partial charge < -0.3 is 4.74 Å². The SMILES string of the molecule is COC(=O)c1ccccc1-c1nnc(C)nn1. The number of methoxy groups -OCH3 is 1. The lowest BCUT2D eigenvalue weighted by atomic mass is 10.1. The summed E-state index contributed by atoms with van der Waals surface area (Å²) in [5.41, 5.74) is 0.946. The van der Waals surface area contributed by atoms with Crippen LogP contribution >= 0.6 is 0 Å². The number of hydrogen-bond donors (Lipinski definition) is 0. The van der Waals surface area contributed by atoms with Crippen molar-refractivity contribution in [1.29, 1.82) is 0 Å². The Hall–Kier alpha value is -2.37. The molecular formula is C11H10N4O2. The zero-order valence-corrected chi connectivity index (χ0v) is 9.41. The van der Waals surface area contributed by atoms with E-state index in [9.17, 15) is 4.79 Å². The van der Waals surface area contributed by atoms with Crippen LogP contribution in [0.25, 0.3) is 11.4 Å². The largest absolute Gasteiger partial charge is 0.465 e. The van der Waals surface area contributed by atoms with Gasteiger partial charge in [-0.15, -0.1) is 20.4 Å². The minimum Gasteiger partial charge on any atom is -0.465 e. The van der Waals surface area contributed by atoms with Gasteiger partial charge in [0.15, 0.2) is 5.82 Å². The molecule has 0 aliphatic rings. The van der Waals surface area contributed by atoms with Gasteiger partial charge in [-0.3, -0.25) is 0 Å². The molecule has 0 unspecified atom stereocenters. The molecule has 6 nitrogen and oxygen atoms in total. The summed E-state index contributed by atoms with van der Waals surface area (Å²) in [5, 5.41) is 15.4. The van der Waals surface area contributed by atoms with Crippen molar-refractivity contribution in [2.75, 3.05) is 7.11 Å². The first-order valence-electron chi connectivity index (χ1n) is 4.94. The highest BCUT2D eigenvalue weighted by Gasteiger charge is 2.14. The van der Waals surface area contributed by atoms with Crippen molar-refractivity contribution in [2.45, 2.75) is 6.92 Å². The number of aryl methyl sites for hydroxylation is 1. The Morgan fingerprint density at radius 1 is 1.12 bits per heavy atom. The van der Waals surface area contributed by atoms with Crippen LogP contribution in [0.3, 0.4) is 0 Å². The molecule has 2 aromatic rings. The Labute approximate surface area is 97.7 Å². The van der Waals surface area contributed by atoms with E-state index in [1.807, 2.05) is 0 Å². The van der Waals surface area contributed by atoms with E-state index in [0.717, 1.165) is 0 Å². The predicted octanol–water partition coefficient (Wildman–Crippen LogP) is 1.03. The molecule has 0 radical (unpaired) electrons. The van der Waals surface area contributed by atoms with E-state index in [4.69, 9.17) is 0 Å². The first-order valence-corrected chi connectivity index (χ1v) is 4.94. The van der Waals surface area contributed by atoms with Crippen molar-refractivity contribution in [2.24, 2.45) is 0 Å². The van der Waals surface area contributed by atoms with Gasteiger partial charge in [0.2, 0.25) is 5.82 Å². The van der Waals surface area contributed by atoms with Crippen molar-refractivity contribution >= 4 is 5.97 Å². The topological polar surface area (TPSA) is 77.9 Å². The second-order valence-electron chi connectivity index (χ2n) is 3.31. The molecule has 17 heavy (non-hydrogen) atoms. The average molecular weight is 230 g/mol. The first kappa shape index (κ1) is 11.1. The monoisotopic (exact) mass is 230 g/mol. The van der Waals surface area contributed by atoms with Crippen molar-refractivity contribution < 1.29 is 9.53 Å². The van der Waals surface area contributed by atoms with E-state index < -0.39 is 5.97 Å². The number of rotatable bonds is 2. The van der Waals surface area contributed by atoms with Gasteiger partial charge in [0.05, 0.1) is 12.7 Å². The third-order valence-corrected chi connectivity index (χ3v) is 2.15. The Kier molecular flexibility index (Phi) is 3.04. The molecule has 2 rings (SSSR count). The Balaban J connectivity index is 2.51. The summed E-state index contributed by atoms with van der Waals surface area (Å²) in [6.45, 7) is 1.69. The second kappa shape index (κ2) is 4.65. The Bertz CT molecular complexity index is 539. The third kappa shape index (κ3) is 2.25. The van der Waals surface area contributed by atoms with Crippen LogP contribution in [0.1, 0.15) is 16.2 Å². The van der Waals surface area contributed by atoms with E-state index in [1.165, 1.54) is 7.11 Å². The van der Waals surface area contributed by atoms with E-state index in [1.54, 1.807) is 31.2 Å². The zero-order chi connectivity index (χ0) is 12.3. The van der Waals surface area contributed by atoms with E-state index in [2.05, 4.69) is 25.1 Å². The maximum atomic E-state index is 11.6. The van der Waals surface area contributed by atoms with Crippen molar-refractivity contribution in [1.82, 2.24) is 20.4 Å². The standard InChI is InChI=1S/C11H10N4O2/c1-7-12-14-10(15-13-7)8-5-3-4-6-9(8)11(16)17-2/h3-6H,1-2H3.